The summed E-state index contributed by atoms with van der Waals surface area (Å²) in [7, 11) is 0. The SMILES string of the molecule is CCN(C(=O)CCC(=O)c1ccc(C)cc1)c1ccccc1. The van der Waals surface area contributed by atoms with E-state index in [4.69, 9.17) is 0 Å². The third-order valence-corrected chi connectivity index (χ3v) is 3.62. The van der Waals surface area contributed by atoms with Crippen LogP contribution in [0.3, 0.4) is 0 Å². The van der Waals surface area contributed by atoms with Gasteiger partial charge < -0.3 is 4.90 Å². The number of hydrogen-bond acceptors (Lipinski definition) is 2. The molecule has 2 aromatic carbocycles. The molecule has 3 heteroatoms. The molecule has 0 saturated carbocycles. The minimum atomic E-state index is -0.0193. The second-order valence-corrected chi connectivity index (χ2v) is 5.26. The number of hydrogen-bond donors (Lipinski definition) is 0. The summed E-state index contributed by atoms with van der Waals surface area (Å²) in [5, 5.41) is 0. The van der Waals surface area contributed by atoms with E-state index in [0.717, 1.165) is 11.3 Å². The average molecular weight is 295 g/mol. The highest BCUT2D eigenvalue weighted by Gasteiger charge is 2.15. The fraction of sp³-hybridized carbons (Fsp3) is 0.263. The molecule has 0 atom stereocenters. The predicted molar refractivity (Wildman–Crippen MR) is 89.2 cm³/mol. The van der Waals surface area contributed by atoms with E-state index in [1.54, 1.807) is 4.90 Å². The number of carbonyl (C=O) groups excluding carboxylic acids is 2. The summed E-state index contributed by atoms with van der Waals surface area (Å²) >= 11 is 0. The number of carbonyl (C=O) groups is 2. The zero-order chi connectivity index (χ0) is 15.9. The second-order valence-electron chi connectivity index (χ2n) is 5.26. The van der Waals surface area contributed by atoms with Crippen LogP contribution >= 0.6 is 0 Å². The summed E-state index contributed by atoms with van der Waals surface area (Å²) in [4.78, 5) is 26.2. The quantitative estimate of drug-likeness (QED) is 0.755. The maximum absolute atomic E-state index is 12.3. The van der Waals surface area contributed by atoms with E-state index in [-0.39, 0.29) is 24.5 Å². The van der Waals surface area contributed by atoms with Gasteiger partial charge in [-0.15, -0.1) is 0 Å². The number of para-hydroxylation sites is 1. The van der Waals surface area contributed by atoms with Gasteiger partial charge in [0.2, 0.25) is 5.91 Å². The van der Waals surface area contributed by atoms with E-state index in [1.165, 1.54) is 0 Å². The maximum Gasteiger partial charge on any atom is 0.227 e. The molecular weight excluding hydrogens is 274 g/mol. The van der Waals surface area contributed by atoms with Crippen LogP contribution in [-0.2, 0) is 4.79 Å². The molecule has 0 aliphatic rings. The molecule has 22 heavy (non-hydrogen) atoms. The monoisotopic (exact) mass is 295 g/mol. The topological polar surface area (TPSA) is 37.4 Å². The molecule has 1 amide bonds. The zero-order valence-electron chi connectivity index (χ0n) is 13.1. The van der Waals surface area contributed by atoms with Crippen molar-refractivity contribution in [3.05, 3.63) is 65.7 Å². The smallest absolute Gasteiger partial charge is 0.227 e. The van der Waals surface area contributed by atoms with Crippen LogP contribution < -0.4 is 4.90 Å². The number of ketones is 1. The normalized spacial score (nSPS) is 10.3. The Morgan fingerprint density at radius 2 is 1.55 bits per heavy atom. The summed E-state index contributed by atoms with van der Waals surface area (Å²) < 4.78 is 0. The standard InChI is InChI=1S/C19H21NO2/c1-3-20(17-7-5-4-6-8-17)19(22)14-13-18(21)16-11-9-15(2)10-12-16/h4-12H,3,13-14H2,1-2H3. The Bertz CT molecular complexity index is 632. The Hall–Kier alpha value is -2.42. The molecule has 0 unspecified atom stereocenters. The van der Waals surface area contributed by atoms with Gasteiger partial charge in [-0.2, -0.15) is 0 Å². The molecule has 0 fully saturated rings. The number of rotatable bonds is 6. The summed E-state index contributed by atoms with van der Waals surface area (Å²) in [6.45, 7) is 4.52. The van der Waals surface area contributed by atoms with Crippen LogP contribution in [0.25, 0.3) is 0 Å². The molecule has 0 spiro atoms. The number of anilines is 1. The number of Topliss-reactive ketones (excluding diaryl/α,β-unsaturated/α-hetero) is 1. The molecule has 0 aromatic heterocycles. The minimum Gasteiger partial charge on any atom is -0.313 e. The highest BCUT2D eigenvalue weighted by atomic mass is 16.2. The van der Waals surface area contributed by atoms with Crippen LogP contribution in [0.15, 0.2) is 54.6 Å². The van der Waals surface area contributed by atoms with Crippen LogP contribution in [0.2, 0.25) is 0 Å². The van der Waals surface area contributed by atoms with Gasteiger partial charge in [-0.25, -0.2) is 0 Å². The lowest BCUT2D eigenvalue weighted by Crippen LogP contribution is -2.30. The van der Waals surface area contributed by atoms with Gasteiger partial charge in [-0.3, -0.25) is 9.59 Å². The predicted octanol–water partition coefficient (Wildman–Crippen LogP) is 4.01. The Labute approximate surface area is 131 Å². The van der Waals surface area contributed by atoms with Crippen molar-refractivity contribution in [2.75, 3.05) is 11.4 Å². The fourth-order valence-electron chi connectivity index (χ4n) is 2.35. The molecule has 2 aromatic rings. The van der Waals surface area contributed by atoms with Crippen molar-refractivity contribution >= 4 is 17.4 Å². The molecule has 0 aliphatic carbocycles. The van der Waals surface area contributed by atoms with Crippen molar-refractivity contribution in [2.24, 2.45) is 0 Å². The van der Waals surface area contributed by atoms with Crippen molar-refractivity contribution in [3.8, 4) is 0 Å². The van der Waals surface area contributed by atoms with Crippen LogP contribution in [0.1, 0.15) is 35.7 Å². The lowest BCUT2D eigenvalue weighted by Gasteiger charge is -2.20. The molecule has 0 radical (unpaired) electrons. The molecule has 0 N–H and O–H groups in total. The van der Waals surface area contributed by atoms with Crippen molar-refractivity contribution in [3.63, 3.8) is 0 Å². The zero-order valence-corrected chi connectivity index (χ0v) is 13.1. The van der Waals surface area contributed by atoms with E-state index in [9.17, 15) is 9.59 Å². The molecule has 3 nitrogen and oxygen atoms in total. The number of benzene rings is 2. The lowest BCUT2D eigenvalue weighted by atomic mass is 10.0. The van der Waals surface area contributed by atoms with Gasteiger partial charge in [0.05, 0.1) is 0 Å². The fourth-order valence-corrected chi connectivity index (χ4v) is 2.35. The first-order valence-corrected chi connectivity index (χ1v) is 7.57. The molecule has 0 saturated heterocycles. The first-order chi connectivity index (χ1) is 10.6. The number of amides is 1. The highest BCUT2D eigenvalue weighted by molar-refractivity contribution is 6.00. The van der Waals surface area contributed by atoms with Crippen LogP contribution in [0.5, 0.6) is 0 Å². The minimum absolute atomic E-state index is 0.0115. The van der Waals surface area contributed by atoms with Crippen molar-refractivity contribution < 1.29 is 9.59 Å². The average Bonchev–Trinajstić information content (AvgIpc) is 2.55. The second kappa shape index (κ2) is 7.55. The summed E-state index contributed by atoms with van der Waals surface area (Å²) in [6.07, 6.45) is 0.473. The largest absolute Gasteiger partial charge is 0.313 e. The van der Waals surface area contributed by atoms with Crippen LogP contribution in [-0.4, -0.2) is 18.2 Å². The van der Waals surface area contributed by atoms with Gasteiger partial charge >= 0.3 is 0 Å². The molecule has 0 aliphatic heterocycles. The first-order valence-electron chi connectivity index (χ1n) is 7.57. The van der Waals surface area contributed by atoms with Gasteiger partial charge in [-0.05, 0) is 26.0 Å². The van der Waals surface area contributed by atoms with Gasteiger partial charge in [-0.1, -0.05) is 48.0 Å². The van der Waals surface area contributed by atoms with Crippen LogP contribution in [0.4, 0.5) is 5.69 Å². The Kier molecular flexibility index (Phi) is 5.48. The third kappa shape index (κ3) is 4.04. The third-order valence-electron chi connectivity index (χ3n) is 3.62. The van der Waals surface area contributed by atoms with Gasteiger partial charge in [0.25, 0.3) is 0 Å². The van der Waals surface area contributed by atoms with Crippen molar-refractivity contribution in [1.29, 1.82) is 0 Å². The van der Waals surface area contributed by atoms with Gasteiger partial charge in [0.1, 0.15) is 0 Å². The Morgan fingerprint density at radius 3 is 2.14 bits per heavy atom. The Balaban J connectivity index is 1.96. The highest BCUT2D eigenvalue weighted by Crippen LogP contribution is 2.15. The molecular formula is C19H21NO2. The van der Waals surface area contributed by atoms with E-state index in [1.807, 2.05) is 68.4 Å². The van der Waals surface area contributed by atoms with Crippen LogP contribution in [0, 0.1) is 6.92 Å². The Morgan fingerprint density at radius 1 is 0.909 bits per heavy atom. The summed E-state index contributed by atoms with van der Waals surface area (Å²) in [6, 6.07) is 17.0. The van der Waals surface area contributed by atoms with E-state index >= 15 is 0 Å². The summed E-state index contributed by atoms with van der Waals surface area (Å²) in [5.74, 6) is -0.00775. The van der Waals surface area contributed by atoms with E-state index in [2.05, 4.69) is 0 Å². The van der Waals surface area contributed by atoms with E-state index in [0.29, 0.717) is 12.1 Å². The molecule has 0 bridgehead atoms. The molecule has 0 heterocycles. The summed E-state index contributed by atoms with van der Waals surface area (Å²) in [5.41, 5.74) is 2.66. The van der Waals surface area contributed by atoms with Crippen molar-refractivity contribution in [1.82, 2.24) is 0 Å². The van der Waals surface area contributed by atoms with Crippen molar-refractivity contribution in [2.45, 2.75) is 26.7 Å². The molecule has 2 rings (SSSR count). The maximum atomic E-state index is 12.3. The lowest BCUT2D eigenvalue weighted by molar-refractivity contribution is -0.118. The number of aryl methyl sites for hydroxylation is 1. The first kappa shape index (κ1) is 16.0. The van der Waals surface area contributed by atoms with Gasteiger partial charge in [0, 0.05) is 30.6 Å². The van der Waals surface area contributed by atoms with E-state index < -0.39 is 0 Å². The van der Waals surface area contributed by atoms with Gasteiger partial charge in [0.15, 0.2) is 5.78 Å². The number of nitrogens with zero attached hydrogens (tertiary/aromatic N) is 1. The molecule has 114 valence electrons.